The number of Topliss-reactive ketones (excluding diaryl/α,β-unsaturated/α-hetero) is 1. The summed E-state index contributed by atoms with van der Waals surface area (Å²) in [7, 11) is 1.66. The van der Waals surface area contributed by atoms with Crippen molar-refractivity contribution in [3.63, 3.8) is 0 Å². The van der Waals surface area contributed by atoms with Gasteiger partial charge in [-0.3, -0.25) is 4.79 Å². The van der Waals surface area contributed by atoms with Crippen molar-refractivity contribution in [3.05, 3.63) is 34.9 Å². The van der Waals surface area contributed by atoms with Crippen LogP contribution in [0.5, 0.6) is 0 Å². The second kappa shape index (κ2) is 6.66. The van der Waals surface area contributed by atoms with Gasteiger partial charge >= 0.3 is 0 Å². The average Bonchev–Trinajstić information content (AvgIpc) is 2.43. The van der Waals surface area contributed by atoms with Crippen molar-refractivity contribution < 1.29 is 9.53 Å². The second-order valence-corrected chi connectivity index (χ2v) is 4.78. The molecule has 1 aromatic rings. The number of fused-ring (bicyclic) bond motifs is 1. The van der Waals surface area contributed by atoms with Crippen LogP contribution in [-0.4, -0.2) is 32.6 Å². The second-order valence-electron chi connectivity index (χ2n) is 4.78. The molecular weight excluding hydrogens is 226 g/mol. The van der Waals surface area contributed by atoms with Crippen molar-refractivity contribution in [2.24, 2.45) is 0 Å². The van der Waals surface area contributed by atoms with Crippen molar-refractivity contribution in [3.8, 4) is 0 Å². The van der Waals surface area contributed by atoms with Crippen molar-refractivity contribution in [1.29, 1.82) is 0 Å². The third-order valence-corrected chi connectivity index (χ3v) is 3.44. The molecule has 3 nitrogen and oxygen atoms in total. The average molecular weight is 247 g/mol. The minimum Gasteiger partial charge on any atom is -0.383 e. The van der Waals surface area contributed by atoms with E-state index in [1.54, 1.807) is 7.11 Å². The molecule has 3 heteroatoms. The number of carbonyl (C=O) groups is 1. The third kappa shape index (κ3) is 3.40. The summed E-state index contributed by atoms with van der Waals surface area (Å²) in [6, 6.07) is 6.16. The quantitative estimate of drug-likeness (QED) is 0.617. The molecule has 0 unspecified atom stereocenters. The van der Waals surface area contributed by atoms with Crippen molar-refractivity contribution >= 4 is 5.78 Å². The predicted octanol–water partition coefficient (Wildman–Crippen LogP) is 1.98. The van der Waals surface area contributed by atoms with Crippen LogP contribution in [0.25, 0.3) is 0 Å². The number of nitrogens with one attached hydrogen (secondary N) is 1. The highest BCUT2D eigenvalue weighted by Crippen LogP contribution is 2.22. The van der Waals surface area contributed by atoms with Gasteiger partial charge in [-0.2, -0.15) is 0 Å². The first-order valence-electron chi connectivity index (χ1n) is 6.66. The van der Waals surface area contributed by atoms with Gasteiger partial charge < -0.3 is 10.1 Å². The number of ketones is 1. The number of hydrogen-bond donors (Lipinski definition) is 1. The van der Waals surface area contributed by atoms with E-state index in [-0.39, 0.29) is 5.78 Å². The van der Waals surface area contributed by atoms with Crippen LogP contribution in [-0.2, 0) is 17.6 Å². The summed E-state index contributed by atoms with van der Waals surface area (Å²) in [5.41, 5.74) is 3.62. The molecule has 0 spiro atoms. The molecule has 0 saturated carbocycles. The van der Waals surface area contributed by atoms with Gasteiger partial charge in [0.15, 0.2) is 5.78 Å². The largest absolute Gasteiger partial charge is 0.383 e. The van der Waals surface area contributed by atoms with Gasteiger partial charge in [0.1, 0.15) is 0 Å². The Balaban J connectivity index is 1.94. The first kappa shape index (κ1) is 13.2. The fourth-order valence-corrected chi connectivity index (χ4v) is 2.39. The summed E-state index contributed by atoms with van der Waals surface area (Å²) in [5.74, 6) is 0.166. The Morgan fingerprint density at radius 3 is 2.83 bits per heavy atom. The Labute approximate surface area is 109 Å². The molecule has 0 fully saturated rings. The first-order valence-corrected chi connectivity index (χ1v) is 6.66. The van der Waals surface area contributed by atoms with Crippen molar-refractivity contribution in [2.75, 3.05) is 26.8 Å². The van der Waals surface area contributed by atoms with E-state index in [4.69, 9.17) is 4.74 Å². The van der Waals surface area contributed by atoms with Crippen LogP contribution in [0, 0.1) is 0 Å². The number of ether oxygens (including phenoxy) is 1. The number of benzene rings is 1. The number of methoxy groups -OCH3 is 1. The molecule has 0 heterocycles. The summed E-state index contributed by atoms with van der Waals surface area (Å²) in [5, 5.41) is 3.09. The van der Waals surface area contributed by atoms with Crippen LogP contribution in [0.4, 0.5) is 0 Å². The van der Waals surface area contributed by atoms with E-state index in [9.17, 15) is 4.79 Å². The summed E-state index contributed by atoms with van der Waals surface area (Å²) >= 11 is 0. The predicted molar refractivity (Wildman–Crippen MR) is 72.2 cm³/mol. The highest BCUT2D eigenvalue weighted by atomic mass is 16.5. The van der Waals surface area contributed by atoms with Crippen LogP contribution in [0.3, 0.4) is 0 Å². The maximum absolute atomic E-state index is 12.0. The topological polar surface area (TPSA) is 38.3 Å². The molecule has 0 aliphatic heterocycles. The fourth-order valence-electron chi connectivity index (χ4n) is 2.39. The van der Waals surface area contributed by atoms with E-state index in [2.05, 4.69) is 17.4 Å². The number of aryl methyl sites for hydroxylation is 2. The molecule has 0 saturated heterocycles. The van der Waals surface area contributed by atoms with E-state index in [0.717, 1.165) is 18.4 Å². The molecule has 0 bridgehead atoms. The maximum Gasteiger partial charge on any atom is 0.176 e. The van der Waals surface area contributed by atoms with Gasteiger partial charge in [0.05, 0.1) is 13.2 Å². The standard InChI is InChI=1S/C15H21NO2/c1-18-9-8-16-11-15(17)14-7-6-12-4-2-3-5-13(12)10-14/h6-7,10,16H,2-5,8-9,11H2,1H3. The van der Waals surface area contributed by atoms with Crippen molar-refractivity contribution in [2.45, 2.75) is 25.7 Å². The van der Waals surface area contributed by atoms with Gasteiger partial charge in [0.25, 0.3) is 0 Å². The highest BCUT2D eigenvalue weighted by molar-refractivity contribution is 5.97. The molecule has 98 valence electrons. The van der Waals surface area contributed by atoms with E-state index in [1.165, 1.54) is 24.0 Å². The van der Waals surface area contributed by atoms with Crippen LogP contribution in [0.2, 0.25) is 0 Å². The summed E-state index contributed by atoms with van der Waals surface area (Å²) in [4.78, 5) is 12.0. The molecular formula is C15H21NO2. The molecule has 0 amide bonds. The minimum absolute atomic E-state index is 0.166. The molecule has 1 aromatic carbocycles. The number of rotatable bonds is 6. The summed E-state index contributed by atoms with van der Waals surface area (Å²) in [6.45, 7) is 1.74. The smallest absolute Gasteiger partial charge is 0.176 e. The Kier molecular flexibility index (Phi) is 4.90. The minimum atomic E-state index is 0.166. The Bertz CT molecular complexity index is 415. The Morgan fingerprint density at radius 2 is 2.06 bits per heavy atom. The van der Waals surface area contributed by atoms with Gasteiger partial charge in [-0.15, -0.1) is 0 Å². The zero-order valence-corrected chi connectivity index (χ0v) is 11.0. The molecule has 18 heavy (non-hydrogen) atoms. The van der Waals surface area contributed by atoms with Gasteiger partial charge in [-0.1, -0.05) is 12.1 Å². The summed E-state index contributed by atoms with van der Waals surface area (Å²) in [6.07, 6.45) is 4.80. The van der Waals surface area contributed by atoms with Crippen molar-refractivity contribution in [1.82, 2.24) is 5.32 Å². The number of carbonyl (C=O) groups excluding carboxylic acids is 1. The van der Waals surface area contributed by atoms with Gasteiger partial charge in [-0.25, -0.2) is 0 Å². The molecule has 1 aliphatic rings. The van der Waals surface area contributed by atoms with E-state index in [0.29, 0.717) is 19.7 Å². The molecule has 1 N–H and O–H groups in total. The number of hydrogen-bond acceptors (Lipinski definition) is 3. The zero-order valence-electron chi connectivity index (χ0n) is 11.0. The van der Waals surface area contributed by atoms with E-state index in [1.807, 2.05) is 6.07 Å². The van der Waals surface area contributed by atoms with E-state index < -0.39 is 0 Å². The normalized spacial score (nSPS) is 14.3. The first-order chi connectivity index (χ1) is 8.81. The molecule has 1 aliphatic carbocycles. The van der Waals surface area contributed by atoms with Crippen LogP contribution >= 0.6 is 0 Å². The lowest BCUT2D eigenvalue weighted by Crippen LogP contribution is -2.26. The lowest BCUT2D eigenvalue weighted by molar-refractivity contribution is 0.0987. The zero-order chi connectivity index (χ0) is 12.8. The monoisotopic (exact) mass is 247 g/mol. The van der Waals surface area contributed by atoms with E-state index >= 15 is 0 Å². The maximum atomic E-state index is 12.0. The van der Waals surface area contributed by atoms with Crippen LogP contribution in [0.1, 0.15) is 34.3 Å². The molecule has 0 radical (unpaired) electrons. The fraction of sp³-hybridized carbons (Fsp3) is 0.533. The van der Waals surface area contributed by atoms with Gasteiger partial charge in [0.2, 0.25) is 0 Å². The molecule has 2 rings (SSSR count). The van der Waals surface area contributed by atoms with Crippen LogP contribution in [0.15, 0.2) is 18.2 Å². The van der Waals surface area contributed by atoms with Gasteiger partial charge in [-0.05, 0) is 42.9 Å². The molecule has 0 atom stereocenters. The highest BCUT2D eigenvalue weighted by Gasteiger charge is 2.12. The lowest BCUT2D eigenvalue weighted by Gasteiger charge is -2.16. The summed E-state index contributed by atoms with van der Waals surface area (Å²) < 4.78 is 4.93. The lowest BCUT2D eigenvalue weighted by atomic mass is 9.90. The molecule has 0 aromatic heterocycles. The van der Waals surface area contributed by atoms with Gasteiger partial charge in [0, 0.05) is 19.2 Å². The SMILES string of the molecule is COCCNCC(=O)c1ccc2c(c1)CCCC2. The Hall–Kier alpha value is -1.19. The third-order valence-electron chi connectivity index (χ3n) is 3.44. The van der Waals surface area contributed by atoms with Crippen LogP contribution < -0.4 is 5.32 Å². The Morgan fingerprint density at radius 1 is 1.28 bits per heavy atom.